The summed E-state index contributed by atoms with van der Waals surface area (Å²) in [5, 5.41) is 23.3. The summed E-state index contributed by atoms with van der Waals surface area (Å²) < 4.78 is 5.85. The number of nitro benzene ring substituents is 1. The summed E-state index contributed by atoms with van der Waals surface area (Å²) in [4.78, 5) is 24.4. The van der Waals surface area contributed by atoms with E-state index < -0.39 is 4.92 Å². The van der Waals surface area contributed by atoms with E-state index >= 15 is 0 Å². The molecular weight excluding hydrogens is 372 g/mol. The first-order chi connectivity index (χ1) is 13.9. The maximum atomic E-state index is 12.8. The summed E-state index contributed by atoms with van der Waals surface area (Å²) in [5.41, 5.74) is 1.54. The number of nitro groups is 1. The van der Waals surface area contributed by atoms with Crippen LogP contribution in [-0.4, -0.2) is 23.3 Å². The Morgan fingerprint density at radius 3 is 2.66 bits per heavy atom. The van der Waals surface area contributed by atoms with E-state index in [1.165, 1.54) is 35.6 Å². The monoisotopic (exact) mass is 394 g/mol. The zero-order valence-electron chi connectivity index (χ0n) is 16.1. The Bertz CT molecular complexity index is 997. The lowest BCUT2D eigenvalue weighted by Crippen LogP contribution is -3.14. The van der Waals surface area contributed by atoms with Crippen LogP contribution in [0, 0.1) is 10.1 Å². The number of nitrogens with one attached hydrogen (secondary N) is 1. The molecule has 0 aliphatic carbocycles. The van der Waals surface area contributed by atoms with Crippen LogP contribution in [0.3, 0.4) is 0 Å². The molecule has 2 unspecified atom stereocenters. The maximum absolute atomic E-state index is 12.8. The number of ketones is 1. The van der Waals surface area contributed by atoms with E-state index in [9.17, 15) is 20.0 Å². The Balaban J connectivity index is 1.63. The summed E-state index contributed by atoms with van der Waals surface area (Å²) in [7, 11) is 0. The average molecular weight is 394 g/mol. The molecule has 0 amide bonds. The highest BCUT2D eigenvalue weighted by Crippen LogP contribution is 2.38. The Morgan fingerprint density at radius 1 is 1.21 bits per heavy atom. The minimum Gasteiger partial charge on any atom is -0.872 e. The number of carbonyl (C=O) groups excluding carboxylic acids is 1. The van der Waals surface area contributed by atoms with Gasteiger partial charge < -0.3 is 14.7 Å². The second kappa shape index (κ2) is 7.67. The number of ether oxygens (including phenoxy) is 1. The van der Waals surface area contributed by atoms with Gasteiger partial charge in [-0.2, -0.15) is 0 Å². The molecule has 1 saturated heterocycles. The number of fused-ring (bicyclic) bond motifs is 1. The van der Waals surface area contributed by atoms with Crippen molar-refractivity contribution < 1.29 is 24.5 Å². The summed E-state index contributed by atoms with van der Waals surface area (Å²) in [6.07, 6.45) is 5.02. The van der Waals surface area contributed by atoms with Crippen molar-refractivity contribution in [3.8, 4) is 11.5 Å². The Morgan fingerprint density at radius 2 is 1.97 bits per heavy atom. The fraction of sp³-hybridized carbons (Fsp3) is 0.318. The Kier molecular flexibility index (Phi) is 5.07. The molecule has 2 aliphatic rings. The lowest BCUT2D eigenvalue weighted by atomic mass is 10.0. The van der Waals surface area contributed by atoms with Gasteiger partial charge in [0.1, 0.15) is 12.3 Å². The fourth-order valence-corrected chi connectivity index (χ4v) is 4.04. The third-order valence-corrected chi connectivity index (χ3v) is 5.79. The molecule has 2 aliphatic heterocycles. The van der Waals surface area contributed by atoms with Gasteiger partial charge in [-0.25, -0.2) is 0 Å². The zero-order valence-corrected chi connectivity index (χ0v) is 16.1. The van der Waals surface area contributed by atoms with E-state index in [1.54, 1.807) is 18.2 Å². The summed E-state index contributed by atoms with van der Waals surface area (Å²) >= 11 is 0. The molecule has 29 heavy (non-hydrogen) atoms. The molecule has 2 atom stereocenters. The van der Waals surface area contributed by atoms with E-state index in [1.807, 2.05) is 0 Å². The van der Waals surface area contributed by atoms with Gasteiger partial charge in [0.05, 0.1) is 23.1 Å². The largest absolute Gasteiger partial charge is 0.872 e. The van der Waals surface area contributed by atoms with Crippen LogP contribution >= 0.6 is 0 Å². The van der Waals surface area contributed by atoms with Crippen molar-refractivity contribution in [2.75, 3.05) is 6.54 Å². The normalized spacial score (nSPS) is 22.4. The van der Waals surface area contributed by atoms with Crippen molar-refractivity contribution in [3.63, 3.8) is 0 Å². The van der Waals surface area contributed by atoms with Crippen LogP contribution in [0.5, 0.6) is 11.5 Å². The van der Waals surface area contributed by atoms with Crippen LogP contribution in [0.15, 0.2) is 42.2 Å². The van der Waals surface area contributed by atoms with Crippen LogP contribution in [0.2, 0.25) is 0 Å². The molecule has 0 aromatic heterocycles. The van der Waals surface area contributed by atoms with E-state index in [0.717, 1.165) is 19.4 Å². The number of rotatable bonds is 4. The Hall–Kier alpha value is -3.19. The van der Waals surface area contributed by atoms with Gasteiger partial charge >= 0.3 is 0 Å². The molecule has 0 radical (unpaired) electrons. The van der Waals surface area contributed by atoms with Crippen LogP contribution < -0.4 is 14.7 Å². The van der Waals surface area contributed by atoms with Gasteiger partial charge in [-0.3, -0.25) is 14.9 Å². The number of piperidine rings is 1. The number of hydrogen-bond donors (Lipinski definition) is 1. The van der Waals surface area contributed by atoms with Crippen molar-refractivity contribution in [1.82, 2.24) is 0 Å². The summed E-state index contributed by atoms with van der Waals surface area (Å²) in [6, 6.07) is 9.30. The molecule has 7 nitrogen and oxygen atoms in total. The number of benzene rings is 2. The topological polar surface area (TPSA) is 96.9 Å². The van der Waals surface area contributed by atoms with Gasteiger partial charge in [-0.1, -0.05) is 11.8 Å². The highest BCUT2D eigenvalue weighted by atomic mass is 16.6. The van der Waals surface area contributed by atoms with Gasteiger partial charge in [0.15, 0.2) is 5.76 Å². The predicted molar refractivity (Wildman–Crippen MR) is 105 cm³/mol. The van der Waals surface area contributed by atoms with E-state index in [2.05, 4.69) is 6.92 Å². The van der Waals surface area contributed by atoms with Crippen molar-refractivity contribution in [2.45, 2.75) is 38.8 Å². The predicted octanol–water partition coefficient (Wildman–Crippen LogP) is 2.24. The highest BCUT2D eigenvalue weighted by Gasteiger charge is 2.32. The fourth-order valence-electron chi connectivity index (χ4n) is 4.04. The SMILES string of the molecule is CC1CCCC[NH+]1Cc1c([O-])ccc2c1OC(=Cc1ccc([N+](=O)[O-])cc1)C2=O. The van der Waals surface area contributed by atoms with Crippen molar-refractivity contribution in [2.24, 2.45) is 0 Å². The van der Waals surface area contributed by atoms with Gasteiger partial charge in [0.25, 0.3) is 5.69 Å². The number of nitrogens with zero attached hydrogens (tertiary/aromatic N) is 1. The van der Waals surface area contributed by atoms with Crippen molar-refractivity contribution in [1.29, 1.82) is 0 Å². The molecule has 4 rings (SSSR count). The molecule has 0 spiro atoms. The number of allylic oxidation sites excluding steroid dienone is 1. The minimum atomic E-state index is -0.476. The third kappa shape index (κ3) is 3.73. The molecule has 2 aromatic rings. The first-order valence-electron chi connectivity index (χ1n) is 9.80. The number of Topliss-reactive ketones (excluding diaryl/α,β-unsaturated/α-hetero) is 1. The first kappa shape index (κ1) is 19.1. The zero-order chi connectivity index (χ0) is 20.5. The maximum Gasteiger partial charge on any atom is 0.269 e. The number of quaternary nitrogens is 1. The van der Waals surface area contributed by atoms with Crippen LogP contribution in [0.1, 0.15) is 47.7 Å². The second-order valence-corrected chi connectivity index (χ2v) is 7.69. The van der Waals surface area contributed by atoms with E-state index in [-0.39, 0.29) is 23.0 Å². The van der Waals surface area contributed by atoms with Gasteiger partial charge in [-0.15, -0.1) is 0 Å². The number of carbonyl (C=O) groups is 1. The molecular formula is C22H22N2O5. The molecule has 7 heteroatoms. The number of hydrogen-bond acceptors (Lipinski definition) is 5. The molecule has 2 heterocycles. The molecule has 1 N–H and O–H groups in total. The minimum absolute atomic E-state index is 0.0222. The average Bonchev–Trinajstić information content (AvgIpc) is 3.02. The van der Waals surface area contributed by atoms with Crippen LogP contribution in [0.4, 0.5) is 5.69 Å². The van der Waals surface area contributed by atoms with Crippen molar-refractivity contribution >= 4 is 17.5 Å². The van der Waals surface area contributed by atoms with E-state index in [4.69, 9.17) is 4.74 Å². The molecule has 1 fully saturated rings. The summed E-state index contributed by atoms with van der Waals surface area (Å²) in [6.45, 7) is 3.74. The van der Waals surface area contributed by atoms with Gasteiger partial charge in [0, 0.05) is 17.7 Å². The number of non-ortho nitro benzene ring substituents is 1. The quantitative estimate of drug-likeness (QED) is 0.487. The molecule has 150 valence electrons. The lowest BCUT2D eigenvalue weighted by molar-refractivity contribution is -0.942. The second-order valence-electron chi connectivity index (χ2n) is 7.69. The summed E-state index contributed by atoms with van der Waals surface area (Å²) in [5.74, 6) is 0.100. The van der Waals surface area contributed by atoms with Crippen LogP contribution in [-0.2, 0) is 6.54 Å². The Labute approximate surface area is 168 Å². The van der Waals surface area contributed by atoms with Crippen LogP contribution in [0.25, 0.3) is 6.08 Å². The van der Waals surface area contributed by atoms with E-state index in [0.29, 0.717) is 35.0 Å². The van der Waals surface area contributed by atoms with Gasteiger partial charge in [0.2, 0.25) is 5.78 Å². The standard InChI is InChI=1S/C22H22N2O5/c1-14-4-2-3-11-23(14)13-18-19(25)10-9-17-21(26)20(29-22(17)18)12-15-5-7-16(8-6-15)24(27)28/h5-10,12,14,25H,2-4,11,13H2,1H3. The third-order valence-electron chi connectivity index (χ3n) is 5.79. The van der Waals surface area contributed by atoms with Gasteiger partial charge in [-0.05, 0) is 56.0 Å². The molecule has 0 bridgehead atoms. The smallest absolute Gasteiger partial charge is 0.269 e. The lowest BCUT2D eigenvalue weighted by Gasteiger charge is -2.31. The first-order valence-corrected chi connectivity index (χ1v) is 9.80. The van der Waals surface area contributed by atoms with Crippen molar-refractivity contribution in [3.05, 3.63) is 69.0 Å². The number of likely N-dealkylation sites (tertiary alicyclic amines) is 1. The molecule has 0 saturated carbocycles. The highest BCUT2D eigenvalue weighted by molar-refractivity contribution is 6.14. The molecule has 2 aromatic carbocycles.